The van der Waals surface area contributed by atoms with E-state index >= 15 is 0 Å². The highest BCUT2D eigenvalue weighted by Gasteiger charge is 2.29. The van der Waals surface area contributed by atoms with Gasteiger partial charge in [-0.25, -0.2) is 4.39 Å². The number of halogens is 1. The Kier molecular flexibility index (Phi) is 7.86. The summed E-state index contributed by atoms with van der Waals surface area (Å²) in [4.78, 5) is 0. The zero-order valence-electron chi connectivity index (χ0n) is 18.1. The van der Waals surface area contributed by atoms with Gasteiger partial charge in [-0.3, -0.25) is 4.72 Å². The third kappa shape index (κ3) is 6.09. The summed E-state index contributed by atoms with van der Waals surface area (Å²) < 4.78 is 17.3. The van der Waals surface area contributed by atoms with Crippen LogP contribution in [0, 0.1) is 11.7 Å². The van der Waals surface area contributed by atoms with E-state index in [0.29, 0.717) is 12.0 Å². The fourth-order valence-electron chi connectivity index (χ4n) is 4.68. The van der Waals surface area contributed by atoms with Gasteiger partial charge in [0.1, 0.15) is 5.82 Å². The van der Waals surface area contributed by atoms with Crippen molar-refractivity contribution in [1.82, 2.24) is 10.0 Å². The van der Waals surface area contributed by atoms with Crippen molar-refractivity contribution < 1.29 is 4.39 Å². The second-order valence-corrected chi connectivity index (χ2v) is 9.84. The van der Waals surface area contributed by atoms with Crippen molar-refractivity contribution in [2.75, 3.05) is 18.8 Å². The molecule has 162 valence electrons. The van der Waals surface area contributed by atoms with Gasteiger partial charge in [0, 0.05) is 24.3 Å². The van der Waals surface area contributed by atoms with E-state index in [1.165, 1.54) is 47.8 Å². The summed E-state index contributed by atoms with van der Waals surface area (Å²) in [5.41, 5.74) is 5.49. The molecule has 0 bridgehead atoms. The summed E-state index contributed by atoms with van der Waals surface area (Å²) in [6, 6.07) is 14.7. The van der Waals surface area contributed by atoms with E-state index in [4.69, 9.17) is 0 Å². The number of aryl methyl sites for hydroxylation is 2. The summed E-state index contributed by atoms with van der Waals surface area (Å²) in [5.74, 6) is 2.52. The highest BCUT2D eigenvalue weighted by atomic mass is 32.2. The van der Waals surface area contributed by atoms with Crippen LogP contribution in [0.2, 0.25) is 0 Å². The molecule has 0 aromatic heterocycles. The zero-order valence-corrected chi connectivity index (χ0v) is 18.9. The molecule has 2 unspecified atom stereocenters. The Morgan fingerprint density at radius 1 is 1.07 bits per heavy atom. The fraction of sp³-hybridized carbons (Fsp3) is 0.538. The van der Waals surface area contributed by atoms with Crippen molar-refractivity contribution in [2.45, 2.75) is 63.8 Å². The minimum Gasteiger partial charge on any atom is -0.314 e. The Morgan fingerprint density at radius 3 is 2.77 bits per heavy atom. The Labute approximate surface area is 185 Å². The minimum absolute atomic E-state index is 0.135. The third-order valence-electron chi connectivity index (χ3n) is 6.49. The average Bonchev–Trinajstić information content (AvgIpc) is 3.57. The molecule has 2 nitrogen and oxygen atoms in total. The molecule has 4 heteroatoms. The lowest BCUT2D eigenvalue weighted by molar-refractivity contribution is 0.391. The lowest BCUT2D eigenvalue weighted by atomic mass is 9.75. The van der Waals surface area contributed by atoms with Gasteiger partial charge in [-0.05, 0) is 91.8 Å². The van der Waals surface area contributed by atoms with E-state index in [0.717, 1.165) is 50.3 Å². The van der Waals surface area contributed by atoms with Gasteiger partial charge in [0.05, 0.1) is 0 Å². The highest BCUT2D eigenvalue weighted by Crippen LogP contribution is 2.35. The van der Waals surface area contributed by atoms with Crippen LogP contribution in [0.3, 0.4) is 0 Å². The molecule has 1 fully saturated rings. The molecular formula is C26H35FN2S. The predicted molar refractivity (Wildman–Crippen MR) is 127 cm³/mol. The maximum absolute atomic E-state index is 13.8. The second-order valence-electron chi connectivity index (χ2n) is 8.93. The molecule has 2 aromatic rings. The molecule has 2 N–H and O–H groups in total. The first-order valence-electron chi connectivity index (χ1n) is 11.7. The monoisotopic (exact) mass is 426 g/mol. The Bertz CT molecular complexity index is 820. The standard InChI is InChI=1S/C26H35FN2S/c1-2-28-26-13-12-22-11-10-19(6-4-14-29-30-18-20-8-9-20)16-24(22)25(26)17-21-5-3-7-23(27)15-21/h3,5,7,10-11,15-16,20,25-26,28-29H,2,4,6,8-9,12-14,17-18H2,1H3. The Balaban J connectivity index is 1.42. The van der Waals surface area contributed by atoms with Crippen LogP contribution in [-0.2, 0) is 19.3 Å². The topological polar surface area (TPSA) is 24.1 Å². The SMILES string of the molecule is CCNC1CCc2ccc(CCCNSCC3CC3)cc2C1Cc1cccc(F)c1. The maximum Gasteiger partial charge on any atom is 0.123 e. The molecule has 0 amide bonds. The van der Waals surface area contributed by atoms with E-state index in [1.54, 1.807) is 6.07 Å². The third-order valence-corrected chi connectivity index (χ3v) is 7.54. The summed E-state index contributed by atoms with van der Waals surface area (Å²) in [6.07, 6.45) is 8.31. The molecule has 0 aliphatic heterocycles. The molecule has 1 saturated carbocycles. The number of nitrogens with one attached hydrogen (secondary N) is 2. The first-order chi connectivity index (χ1) is 14.7. The molecule has 0 saturated heterocycles. The molecule has 2 aliphatic rings. The molecule has 0 radical (unpaired) electrons. The number of fused-ring (bicyclic) bond motifs is 1. The van der Waals surface area contributed by atoms with Crippen LogP contribution in [-0.4, -0.2) is 24.9 Å². The van der Waals surface area contributed by atoms with Gasteiger partial charge in [-0.2, -0.15) is 0 Å². The highest BCUT2D eigenvalue weighted by molar-refractivity contribution is 7.97. The second kappa shape index (κ2) is 10.8. The lowest BCUT2D eigenvalue weighted by Gasteiger charge is -2.35. The number of likely N-dealkylation sites (N-methyl/N-ethyl adjacent to an activating group) is 1. The number of rotatable bonds is 11. The molecule has 0 heterocycles. The van der Waals surface area contributed by atoms with Crippen molar-refractivity contribution in [1.29, 1.82) is 0 Å². The minimum atomic E-state index is -0.135. The van der Waals surface area contributed by atoms with Crippen molar-refractivity contribution in [2.24, 2.45) is 5.92 Å². The van der Waals surface area contributed by atoms with E-state index < -0.39 is 0 Å². The van der Waals surface area contributed by atoms with Crippen molar-refractivity contribution >= 4 is 11.9 Å². The van der Waals surface area contributed by atoms with Crippen molar-refractivity contribution in [3.63, 3.8) is 0 Å². The largest absolute Gasteiger partial charge is 0.314 e. The molecule has 2 aliphatic carbocycles. The van der Waals surface area contributed by atoms with Crippen LogP contribution >= 0.6 is 11.9 Å². The summed E-state index contributed by atoms with van der Waals surface area (Å²) in [7, 11) is 0. The van der Waals surface area contributed by atoms with Gasteiger partial charge in [-0.15, -0.1) is 0 Å². The van der Waals surface area contributed by atoms with Gasteiger partial charge < -0.3 is 5.32 Å². The average molecular weight is 427 g/mol. The van der Waals surface area contributed by atoms with E-state index in [-0.39, 0.29) is 5.82 Å². The van der Waals surface area contributed by atoms with Gasteiger partial charge >= 0.3 is 0 Å². The smallest absolute Gasteiger partial charge is 0.123 e. The number of benzene rings is 2. The Hall–Kier alpha value is -1.36. The van der Waals surface area contributed by atoms with E-state index in [1.807, 2.05) is 18.0 Å². The van der Waals surface area contributed by atoms with Crippen LogP contribution in [0.25, 0.3) is 0 Å². The number of hydrogen-bond donors (Lipinski definition) is 2. The summed E-state index contributed by atoms with van der Waals surface area (Å²) in [6.45, 7) is 4.23. The zero-order chi connectivity index (χ0) is 20.8. The summed E-state index contributed by atoms with van der Waals surface area (Å²) >= 11 is 1.90. The molecule has 2 atom stereocenters. The molecule has 2 aromatic carbocycles. The molecule has 4 rings (SSSR count). The van der Waals surface area contributed by atoms with Gasteiger partial charge in [-0.1, -0.05) is 49.2 Å². The van der Waals surface area contributed by atoms with Crippen LogP contribution < -0.4 is 10.0 Å². The maximum atomic E-state index is 13.8. The van der Waals surface area contributed by atoms with Gasteiger partial charge in [0.25, 0.3) is 0 Å². The van der Waals surface area contributed by atoms with Crippen LogP contribution in [0.15, 0.2) is 42.5 Å². The van der Waals surface area contributed by atoms with Crippen LogP contribution in [0.1, 0.15) is 60.8 Å². The van der Waals surface area contributed by atoms with Crippen LogP contribution in [0.5, 0.6) is 0 Å². The van der Waals surface area contributed by atoms with Crippen molar-refractivity contribution in [3.8, 4) is 0 Å². The first kappa shape index (κ1) is 21.9. The normalized spacial score (nSPS) is 20.9. The Morgan fingerprint density at radius 2 is 1.97 bits per heavy atom. The molecular weight excluding hydrogens is 391 g/mol. The van der Waals surface area contributed by atoms with E-state index in [9.17, 15) is 4.39 Å². The van der Waals surface area contributed by atoms with Gasteiger partial charge in [0.15, 0.2) is 0 Å². The number of hydrogen-bond acceptors (Lipinski definition) is 3. The quantitative estimate of drug-likeness (QED) is 0.358. The lowest BCUT2D eigenvalue weighted by Crippen LogP contribution is -2.39. The van der Waals surface area contributed by atoms with Crippen molar-refractivity contribution in [3.05, 3.63) is 70.5 Å². The first-order valence-corrected chi connectivity index (χ1v) is 12.7. The fourth-order valence-corrected chi connectivity index (χ4v) is 5.65. The summed E-state index contributed by atoms with van der Waals surface area (Å²) in [5, 5.41) is 3.70. The molecule has 0 spiro atoms. The van der Waals surface area contributed by atoms with E-state index in [2.05, 4.69) is 41.2 Å². The molecule has 30 heavy (non-hydrogen) atoms. The van der Waals surface area contributed by atoms with Crippen LogP contribution in [0.4, 0.5) is 4.39 Å². The predicted octanol–water partition coefficient (Wildman–Crippen LogP) is 5.66. The van der Waals surface area contributed by atoms with Gasteiger partial charge in [0.2, 0.25) is 0 Å².